The smallest absolute Gasteiger partial charge is 0.407 e. The van der Waals surface area contributed by atoms with Crippen LogP contribution in [0.1, 0.15) is 6.92 Å². The van der Waals surface area contributed by atoms with Crippen LogP contribution in [0.3, 0.4) is 0 Å². The molecule has 0 aliphatic heterocycles. The van der Waals surface area contributed by atoms with Gasteiger partial charge < -0.3 is 30.2 Å². The Hall–Kier alpha value is -1.14. The van der Waals surface area contributed by atoms with Gasteiger partial charge in [-0.3, -0.25) is 0 Å². The first-order valence-electron chi connectivity index (χ1n) is 7.91. The molecule has 26 heavy (non-hydrogen) atoms. The number of carbonyl (C=O) groups is 3. The Bertz CT molecular complexity index is 382. The Morgan fingerprint density at radius 3 is 1.19 bits per heavy atom. The molecule has 3 amide bonds. The van der Waals surface area contributed by atoms with Crippen molar-refractivity contribution in [3.05, 3.63) is 0 Å². The molecule has 0 rings (SSSR count). The van der Waals surface area contributed by atoms with E-state index in [1.54, 1.807) is 6.92 Å². The molecule has 0 heterocycles. The van der Waals surface area contributed by atoms with Crippen LogP contribution in [0.25, 0.3) is 0 Å². The topological polar surface area (TPSA) is 115 Å². The third kappa shape index (κ3) is 13.1. The van der Waals surface area contributed by atoms with Crippen molar-refractivity contribution in [2.24, 2.45) is 5.41 Å². The number of hydrogen-bond acceptors (Lipinski definition) is 9. The van der Waals surface area contributed by atoms with E-state index in [1.807, 2.05) is 0 Å². The van der Waals surface area contributed by atoms with Crippen LogP contribution < -0.4 is 16.0 Å². The minimum atomic E-state index is -0.922. The van der Waals surface area contributed by atoms with Gasteiger partial charge in [0, 0.05) is 36.9 Å². The van der Waals surface area contributed by atoms with Gasteiger partial charge in [0.05, 0.1) is 5.41 Å². The van der Waals surface area contributed by atoms with E-state index in [1.165, 1.54) is 0 Å². The molecule has 0 bridgehead atoms. The molecule has 0 aromatic carbocycles. The van der Waals surface area contributed by atoms with Crippen molar-refractivity contribution < 1.29 is 28.6 Å². The average Bonchev–Trinajstić information content (AvgIpc) is 2.64. The molecular weight excluding hydrogens is 402 g/mol. The predicted molar refractivity (Wildman–Crippen MR) is 108 cm³/mol. The fourth-order valence-electron chi connectivity index (χ4n) is 1.47. The molecule has 0 aliphatic carbocycles. The number of nitrogens with one attached hydrogen (secondary N) is 3. The Labute approximate surface area is 169 Å². The molecule has 0 saturated heterocycles. The van der Waals surface area contributed by atoms with Crippen LogP contribution in [0.15, 0.2) is 0 Å². The second kappa shape index (κ2) is 15.0. The van der Waals surface area contributed by atoms with Crippen LogP contribution in [0.5, 0.6) is 0 Å². The van der Waals surface area contributed by atoms with Crippen molar-refractivity contribution >= 4 is 56.2 Å². The first-order chi connectivity index (χ1) is 12.4. The first-order valence-corrected chi connectivity index (χ1v) is 9.81. The minimum absolute atomic E-state index is 0.120. The third-order valence-corrected chi connectivity index (χ3v) is 3.47. The molecule has 0 spiro atoms. The van der Waals surface area contributed by atoms with Gasteiger partial charge in [-0.1, -0.05) is 0 Å². The normalized spacial score (nSPS) is 10.6. The molecule has 0 atom stereocenters. The number of alkyl carbamates (subject to hydrolysis) is 3. The van der Waals surface area contributed by atoms with Crippen LogP contribution >= 0.6 is 37.9 Å². The summed E-state index contributed by atoms with van der Waals surface area (Å²) in [6.45, 7) is 2.36. The summed E-state index contributed by atoms with van der Waals surface area (Å²) < 4.78 is 15.3. The Morgan fingerprint density at radius 2 is 0.962 bits per heavy atom. The van der Waals surface area contributed by atoms with E-state index in [0.29, 0.717) is 36.9 Å². The number of hydrogen-bond donors (Lipinski definition) is 6. The largest absolute Gasteiger partial charge is 0.449 e. The SMILES string of the molecule is CC(COC(=O)NCCS)(COC(=O)NCCS)COC(=O)NCCS. The average molecular weight is 430 g/mol. The van der Waals surface area contributed by atoms with Crippen molar-refractivity contribution in [3.8, 4) is 0 Å². The summed E-state index contributed by atoms with van der Waals surface area (Å²) >= 11 is 11.9. The van der Waals surface area contributed by atoms with Gasteiger partial charge in [0.15, 0.2) is 0 Å². The molecule has 0 fully saturated rings. The zero-order valence-electron chi connectivity index (χ0n) is 14.7. The Balaban J connectivity index is 4.60. The molecule has 0 saturated carbocycles. The molecule has 152 valence electrons. The van der Waals surface area contributed by atoms with Gasteiger partial charge in [-0.05, 0) is 6.92 Å². The minimum Gasteiger partial charge on any atom is -0.449 e. The van der Waals surface area contributed by atoms with Crippen LogP contribution in [0, 0.1) is 5.41 Å². The summed E-state index contributed by atoms with van der Waals surface area (Å²) in [5, 5.41) is 7.49. The van der Waals surface area contributed by atoms with Gasteiger partial charge >= 0.3 is 18.3 Å². The summed E-state index contributed by atoms with van der Waals surface area (Å²) in [7, 11) is 0. The summed E-state index contributed by atoms with van der Waals surface area (Å²) in [5.74, 6) is 1.40. The zero-order valence-corrected chi connectivity index (χ0v) is 17.3. The highest BCUT2D eigenvalue weighted by atomic mass is 32.1. The van der Waals surface area contributed by atoms with Gasteiger partial charge in [0.2, 0.25) is 0 Å². The van der Waals surface area contributed by atoms with E-state index in [0.717, 1.165) is 0 Å². The lowest BCUT2D eigenvalue weighted by Crippen LogP contribution is -2.41. The van der Waals surface area contributed by atoms with Crippen LogP contribution in [-0.2, 0) is 14.2 Å². The van der Waals surface area contributed by atoms with E-state index in [4.69, 9.17) is 14.2 Å². The summed E-state index contributed by atoms with van der Waals surface area (Å²) in [5.41, 5.74) is -0.922. The maximum absolute atomic E-state index is 11.6. The van der Waals surface area contributed by atoms with E-state index < -0.39 is 23.7 Å². The van der Waals surface area contributed by atoms with Crippen molar-refractivity contribution in [1.29, 1.82) is 0 Å². The van der Waals surface area contributed by atoms with Crippen molar-refractivity contribution in [2.75, 3.05) is 56.7 Å². The van der Waals surface area contributed by atoms with Gasteiger partial charge in [-0.2, -0.15) is 37.9 Å². The molecule has 9 nitrogen and oxygen atoms in total. The fraction of sp³-hybridized carbons (Fsp3) is 0.786. The quantitative estimate of drug-likeness (QED) is 0.203. The van der Waals surface area contributed by atoms with Gasteiger partial charge in [-0.25, -0.2) is 14.4 Å². The number of thiol groups is 3. The Morgan fingerprint density at radius 1 is 0.692 bits per heavy atom. The van der Waals surface area contributed by atoms with E-state index in [2.05, 4.69) is 53.8 Å². The number of rotatable bonds is 12. The second-order valence-corrected chi connectivity index (χ2v) is 6.83. The third-order valence-electron chi connectivity index (χ3n) is 2.80. The molecular formula is C14H27N3O6S3. The van der Waals surface area contributed by atoms with Crippen molar-refractivity contribution in [1.82, 2.24) is 16.0 Å². The van der Waals surface area contributed by atoms with Gasteiger partial charge in [0.1, 0.15) is 19.8 Å². The highest BCUT2D eigenvalue weighted by molar-refractivity contribution is 7.80. The summed E-state index contributed by atoms with van der Waals surface area (Å²) in [4.78, 5) is 34.7. The molecule has 0 aromatic rings. The monoisotopic (exact) mass is 429 g/mol. The van der Waals surface area contributed by atoms with Crippen molar-refractivity contribution in [3.63, 3.8) is 0 Å². The van der Waals surface area contributed by atoms with E-state index in [9.17, 15) is 14.4 Å². The highest BCUT2D eigenvalue weighted by Gasteiger charge is 2.31. The maximum atomic E-state index is 11.6. The summed E-state index contributed by atoms with van der Waals surface area (Å²) in [6.07, 6.45) is -1.90. The molecule has 0 aromatic heterocycles. The first kappa shape index (κ1) is 24.9. The summed E-state index contributed by atoms with van der Waals surface area (Å²) in [6, 6.07) is 0. The van der Waals surface area contributed by atoms with E-state index >= 15 is 0 Å². The molecule has 12 heteroatoms. The molecule has 0 radical (unpaired) electrons. The standard InChI is InChI=1S/C14H27N3O6S3/c1-14(8-21-11(18)15-2-5-24,9-22-12(19)16-3-6-25)10-23-13(20)17-4-7-26/h24-26H,2-10H2,1H3,(H,15,18)(H,16,19)(H,17,20). The van der Waals surface area contributed by atoms with Crippen molar-refractivity contribution in [2.45, 2.75) is 6.92 Å². The molecule has 0 aliphatic rings. The maximum Gasteiger partial charge on any atom is 0.407 e. The Kier molecular flexibility index (Phi) is 14.3. The highest BCUT2D eigenvalue weighted by Crippen LogP contribution is 2.19. The van der Waals surface area contributed by atoms with Crippen LogP contribution in [0.4, 0.5) is 14.4 Å². The van der Waals surface area contributed by atoms with Gasteiger partial charge in [-0.15, -0.1) is 0 Å². The molecule has 0 unspecified atom stereocenters. The van der Waals surface area contributed by atoms with Crippen LogP contribution in [0.2, 0.25) is 0 Å². The molecule has 3 N–H and O–H groups in total. The predicted octanol–water partition coefficient (Wildman–Crippen LogP) is 0.961. The number of amides is 3. The number of carbonyl (C=O) groups excluding carboxylic acids is 3. The lowest BCUT2D eigenvalue weighted by Gasteiger charge is -2.28. The van der Waals surface area contributed by atoms with Gasteiger partial charge in [0.25, 0.3) is 0 Å². The second-order valence-electron chi connectivity index (χ2n) is 5.49. The number of ether oxygens (including phenoxy) is 3. The lowest BCUT2D eigenvalue weighted by atomic mass is 9.94. The lowest BCUT2D eigenvalue weighted by molar-refractivity contribution is -0.00416. The van der Waals surface area contributed by atoms with Crippen LogP contribution in [-0.4, -0.2) is 75.0 Å². The van der Waals surface area contributed by atoms with E-state index in [-0.39, 0.29) is 19.8 Å². The zero-order chi connectivity index (χ0) is 19.8. The fourth-order valence-corrected chi connectivity index (χ4v) is 1.81.